The number of anilines is 1. The number of rotatable bonds is 5. The molecule has 0 radical (unpaired) electrons. The third kappa shape index (κ3) is 3.80. The Morgan fingerprint density at radius 1 is 1.03 bits per heavy atom. The first-order valence-electron chi connectivity index (χ1n) is 10.4. The molecule has 0 bridgehead atoms. The number of hydrogen-bond acceptors (Lipinski definition) is 5. The lowest BCUT2D eigenvalue weighted by atomic mass is 10.00. The number of carbonyl (C=O) groups is 2. The number of ether oxygens (including phenoxy) is 1. The van der Waals surface area contributed by atoms with Crippen LogP contribution in [0.15, 0.2) is 54.6 Å². The van der Waals surface area contributed by atoms with Crippen LogP contribution in [-0.2, 0) is 25.8 Å². The first-order valence-corrected chi connectivity index (χ1v) is 12.0. The number of amides is 2. The van der Waals surface area contributed by atoms with Gasteiger partial charge in [-0.3, -0.25) is 14.5 Å². The molecule has 2 amide bonds. The molecule has 2 fully saturated rings. The molecule has 8 heteroatoms. The van der Waals surface area contributed by atoms with Crippen LogP contribution in [0, 0.1) is 0 Å². The maximum absolute atomic E-state index is 13.0. The van der Waals surface area contributed by atoms with Crippen molar-refractivity contribution in [1.29, 1.82) is 0 Å². The highest BCUT2D eigenvalue weighted by Crippen LogP contribution is 2.42. The Bertz CT molecular complexity index is 1080. The molecule has 1 spiro atoms. The van der Waals surface area contributed by atoms with Gasteiger partial charge in [-0.1, -0.05) is 36.4 Å². The summed E-state index contributed by atoms with van der Waals surface area (Å²) < 4.78 is 31.4. The first-order chi connectivity index (χ1) is 14.9. The molecule has 2 aromatic carbocycles. The fraction of sp³-hybridized carbons (Fsp3) is 0.391. The standard InChI is InChI=1S/C23H26N2O5S/c1-30-20-10-6-5-7-18(20)11-12-21(26)24-15-13-23(14-16-24)25(19-8-3-2-4-9-19)22(27)17-31(23,28)29/h2-10H,11-17H2,1H3. The van der Waals surface area contributed by atoms with Gasteiger partial charge in [-0.25, -0.2) is 8.42 Å². The van der Waals surface area contributed by atoms with E-state index in [1.54, 1.807) is 36.3 Å². The van der Waals surface area contributed by atoms with Crippen LogP contribution in [0.25, 0.3) is 0 Å². The Hall–Kier alpha value is -2.87. The highest BCUT2D eigenvalue weighted by molar-refractivity contribution is 7.94. The number of benzene rings is 2. The van der Waals surface area contributed by atoms with Crippen molar-refractivity contribution in [3.8, 4) is 5.75 Å². The summed E-state index contributed by atoms with van der Waals surface area (Å²) >= 11 is 0. The number of sulfone groups is 1. The summed E-state index contributed by atoms with van der Waals surface area (Å²) in [6, 6.07) is 16.5. The van der Waals surface area contributed by atoms with Crippen molar-refractivity contribution in [2.24, 2.45) is 0 Å². The number of aryl methyl sites for hydroxylation is 1. The Morgan fingerprint density at radius 3 is 2.35 bits per heavy atom. The molecule has 2 aliphatic rings. The smallest absolute Gasteiger partial charge is 0.243 e. The van der Waals surface area contributed by atoms with E-state index in [1.165, 1.54) is 4.90 Å². The monoisotopic (exact) mass is 442 g/mol. The lowest BCUT2D eigenvalue weighted by molar-refractivity contribution is -0.132. The maximum Gasteiger partial charge on any atom is 0.243 e. The molecule has 0 unspecified atom stereocenters. The van der Waals surface area contributed by atoms with E-state index in [1.807, 2.05) is 30.3 Å². The molecular weight excluding hydrogens is 416 g/mol. The van der Waals surface area contributed by atoms with Crippen molar-refractivity contribution >= 4 is 27.3 Å². The molecule has 0 aliphatic carbocycles. The van der Waals surface area contributed by atoms with Crippen molar-refractivity contribution in [2.75, 3.05) is 30.9 Å². The van der Waals surface area contributed by atoms with E-state index in [2.05, 4.69) is 0 Å². The topological polar surface area (TPSA) is 84.0 Å². The molecule has 2 aliphatic heterocycles. The fourth-order valence-corrected chi connectivity index (χ4v) is 6.65. The zero-order valence-corrected chi connectivity index (χ0v) is 18.3. The second kappa shape index (κ2) is 8.34. The highest BCUT2D eigenvalue weighted by atomic mass is 32.2. The predicted octanol–water partition coefficient (Wildman–Crippen LogP) is 2.41. The Labute approximate surface area is 182 Å². The second-order valence-electron chi connectivity index (χ2n) is 7.96. The van der Waals surface area contributed by atoms with E-state index in [0.29, 0.717) is 31.6 Å². The number of likely N-dealkylation sites (tertiary alicyclic amines) is 1. The maximum atomic E-state index is 13.0. The van der Waals surface area contributed by atoms with E-state index in [9.17, 15) is 18.0 Å². The summed E-state index contributed by atoms with van der Waals surface area (Å²) in [5.74, 6) is -0.151. The minimum absolute atomic E-state index is 0.0197. The number of methoxy groups -OCH3 is 1. The van der Waals surface area contributed by atoms with Crippen molar-refractivity contribution in [3.63, 3.8) is 0 Å². The molecule has 31 heavy (non-hydrogen) atoms. The number of nitrogens with zero attached hydrogens (tertiary/aromatic N) is 2. The molecule has 0 atom stereocenters. The van der Waals surface area contributed by atoms with Crippen molar-refractivity contribution in [2.45, 2.75) is 30.6 Å². The lowest BCUT2D eigenvalue weighted by Crippen LogP contribution is -2.57. The van der Waals surface area contributed by atoms with Crippen LogP contribution in [0.3, 0.4) is 0 Å². The molecule has 0 saturated carbocycles. The first kappa shape index (κ1) is 21.4. The zero-order chi connectivity index (χ0) is 22.1. The van der Waals surface area contributed by atoms with Gasteiger partial charge in [-0.05, 0) is 30.2 Å². The Kier molecular flexibility index (Phi) is 5.75. The average molecular weight is 443 g/mol. The van der Waals surface area contributed by atoms with Gasteiger partial charge in [0.05, 0.1) is 7.11 Å². The van der Waals surface area contributed by atoms with Gasteiger partial charge in [-0.2, -0.15) is 0 Å². The van der Waals surface area contributed by atoms with Gasteiger partial charge < -0.3 is 9.64 Å². The van der Waals surface area contributed by atoms with Gasteiger partial charge >= 0.3 is 0 Å². The van der Waals surface area contributed by atoms with Crippen LogP contribution in [0.5, 0.6) is 5.75 Å². The van der Waals surface area contributed by atoms with Crippen molar-refractivity contribution in [3.05, 3.63) is 60.2 Å². The van der Waals surface area contributed by atoms with Gasteiger partial charge in [0.15, 0.2) is 14.7 Å². The quantitative estimate of drug-likeness (QED) is 0.710. The average Bonchev–Trinajstić information content (AvgIpc) is 2.97. The number of para-hydroxylation sites is 2. The molecule has 2 saturated heterocycles. The third-order valence-corrected chi connectivity index (χ3v) is 8.64. The van der Waals surface area contributed by atoms with Crippen molar-refractivity contribution in [1.82, 2.24) is 4.90 Å². The van der Waals surface area contributed by atoms with E-state index in [-0.39, 0.29) is 18.7 Å². The second-order valence-corrected chi connectivity index (χ2v) is 10.2. The van der Waals surface area contributed by atoms with E-state index in [4.69, 9.17) is 4.74 Å². The van der Waals surface area contributed by atoms with Gasteiger partial charge in [-0.15, -0.1) is 0 Å². The molecule has 0 N–H and O–H groups in total. The minimum atomic E-state index is -3.65. The van der Waals surface area contributed by atoms with Gasteiger partial charge in [0, 0.05) is 38.0 Å². The van der Waals surface area contributed by atoms with Crippen LogP contribution >= 0.6 is 0 Å². The molecule has 2 heterocycles. The predicted molar refractivity (Wildman–Crippen MR) is 118 cm³/mol. The summed E-state index contributed by atoms with van der Waals surface area (Å²) in [6.45, 7) is 0.612. The lowest BCUT2D eigenvalue weighted by Gasteiger charge is -2.43. The largest absolute Gasteiger partial charge is 0.496 e. The Morgan fingerprint density at radius 2 is 1.68 bits per heavy atom. The zero-order valence-electron chi connectivity index (χ0n) is 17.5. The molecule has 0 aromatic heterocycles. The summed E-state index contributed by atoms with van der Waals surface area (Å²) in [5.41, 5.74) is 1.55. The Balaban J connectivity index is 1.47. The van der Waals surface area contributed by atoms with Crippen LogP contribution in [0.4, 0.5) is 5.69 Å². The SMILES string of the molecule is COc1ccccc1CCC(=O)N1CCC2(CC1)N(c1ccccc1)C(=O)CS2(=O)=O. The number of hydrogen-bond donors (Lipinski definition) is 0. The normalized spacial score (nSPS) is 19.6. The fourth-order valence-electron chi connectivity index (χ4n) is 4.63. The van der Waals surface area contributed by atoms with Crippen molar-refractivity contribution < 1.29 is 22.7 Å². The molecule has 2 aromatic rings. The van der Waals surface area contributed by atoms with Crippen LogP contribution in [0.1, 0.15) is 24.8 Å². The van der Waals surface area contributed by atoms with Crippen LogP contribution in [0.2, 0.25) is 0 Å². The number of carbonyl (C=O) groups excluding carboxylic acids is 2. The molecule has 164 valence electrons. The minimum Gasteiger partial charge on any atom is -0.496 e. The molecule has 7 nitrogen and oxygen atoms in total. The summed E-state index contributed by atoms with van der Waals surface area (Å²) in [5, 5.41) is 0. The number of piperidine rings is 1. The van der Waals surface area contributed by atoms with E-state index >= 15 is 0 Å². The van der Waals surface area contributed by atoms with Gasteiger partial charge in [0.25, 0.3) is 0 Å². The van der Waals surface area contributed by atoms with E-state index < -0.39 is 26.4 Å². The van der Waals surface area contributed by atoms with Crippen LogP contribution < -0.4 is 9.64 Å². The van der Waals surface area contributed by atoms with Gasteiger partial charge in [0.2, 0.25) is 11.8 Å². The van der Waals surface area contributed by atoms with Crippen LogP contribution in [-0.4, -0.2) is 56.0 Å². The highest BCUT2D eigenvalue weighted by Gasteiger charge is 2.59. The van der Waals surface area contributed by atoms with E-state index in [0.717, 1.165) is 11.3 Å². The van der Waals surface area contributed by atoms with Gasteiger partial charge in [0.1, 0.15) is 11.5 Å². The molecular formula is C23H26N2O5S. The summed E-state index contributed by atoms with van der Waals surface area (Å²) in [7, 11) is -2.04. The summed E-state index contributed by atoms with van der Waals surface area (Å²) in [4.78, 5) is 27.3. The molecule has 4 rings (SSSR count). The third-order valence-electron chi connectivity index (χ3n) is 6.26. The summed E-state index contributed by atoms with van der Waals surface area (Å²) in [6.07, 6.45) is 1.31.